The van der Waals surface area contributed by atoms with Crippen LogP contribution >= 0.6 is 0 Å². The van der Waals surface area contributed by atoms with E-state index in [0.29, 0.717) is 83.9 Å². The molecule has 2 heterocycles. The van der Waals surface area contributed by atoms with Crippen LogP contribution in [0.2, 0.25) is 0 Å². The van der Waals surface area contributed by atoms with Crippen molar-refractivity contribution in [3.63, 3.8) is 0 Å². The molecule has 4 amide bonds. The lowest BCUT2D eigenvalue weighted by atomic mass is 9.46. The zero-order valence-electron chi connectivity index (χ0n) is 66.9. The zero-order valence-corrected chi connectivity index (χ0v) is 66.9. The summed E-state index contributed by atoms with van der Waals surface area (Å²) in [5.41, 5.74) is 2.40. The molecule has 12 atom stereocenters. The third-order valence-electron chi connectivity index (χ3n) is 22.0. The average molecular weight is 1460 g/mol. The van der Waals surface area contributed by atoms with Gasteiger partial charge in [0, 0.05) is 32.6 Å². The highest BCUT2D eigenvalue weighted by Gasteiger charge is 2.59. The largest absolute Gasteiger partial charge is 0.394 e. The van der Waals surface area contributed by atoms with E-state index >= 15 is 0 Å². The molecule has 0 bridgehead atoms. The van der Waals surface area contributed by atoms with E-state index in [4.69, 9.17) is 33.2 Å². The molecule has 1 unspecified atom stereocenters. The van der Waals surface area contributed by atoms with Crippen LogP contribution in [0.5, 0.6) is 0 Å². The van der Waals surface area contributed by atoms with Crippen molar-refractivity contribution in [2.45, 2.75) is 293 Å². The Morgan fingerprint density at radius 3 is 1.47 bits per heavy atom. The van der Waals surface area contributed by atoms with Gasteiger partial charge in [0.05, 0.1) is 95.5 Å². The minimum atomic E-state index is -0.231. The first-order valence-corrected chi connectivity index (χ1v) is 40.4. The highest BCUT2D eigenvalue weighted by molar-refractivity contribution is 5.79. The lowest BCUT2D eigenvalue weighted by Crippen LogP contribution is -2.51. The topological polar surface area (TPSA) is 204 Å². The van der Waals surface area contributed by atoms with E-state index in [1.165, 1.54) is 128 Å². The molecule has 5 fully saturated rings. The number of hydrogen-bond acceptors (Lipinski definition) is 13. The summed E-state index contributed by atoms with van der Waals surface area (Å²) in [6.07, 6.45) is 34.3. The Balaban J connectivity index is 0.000000379. The van der Waals surface area contributed by atoms with E-state index in [0.717, 1.165) is 54.8 Å². The van der Waals surface area contributed by atoms with Crippen LogP contribution in [0.4, 0.5) is 0 Å². The number of ether oxygens (including phenoxy) is 7. The summed E-state index contributed by atoms with van der Waals surface area (Å²) in [5.74, 6) is 40.3. The predicted octanol–water partition coefficient (Wildman–Crippen LogP) is 12.6. The number of hydrogen-bond donors (Lipinski definition) is 4. The molecule has 0 aromatic rings. The first-order chi connectivity index (χ1) is 50.7. The number of carbonyl (C=O) groups excluding carboxylic acids is 4. The third-order valence-corrected chi connectivity index (χ3v) is 22.0. The van der Waals surface area contributed by atoms with Crippen molar-refractivity contribution in [1.82, 2.24) is 20.4 Å². The van der Waals surface area contributed by atoms with Crippen LogP contribution in [0.3, 0.4) is 0 Å². The number of likely N-dealkylation sites (tertiary alicyclic amines) is 2. The van der Waals surface area contributed by atoms with E-state index in [2.05, 4.69) is 141 Å². The monoisotopic (exact) mass is 1460 g/mol. The van der Waals surface area contributed by atoms with Gasteiger partial charge in [-0.25, -0.2) is 0 Å². The molecule has 2 saturated heterocycles. The molecule has 0 spiro atoms. The summed E-state index contributed by atoms with van der Waals surface area (Å²) in [6, 6.07) is -0.444. The maximum atomic E-state index is 12.6. The number of amides is 4. The molecule has 17 heteroatoms. The molecule has 4 aliphatic carbocycles. The second-order valence-corrected chi connectivity index (χ2v) is 31.0. The molecule has 0 radical (unpaired) electrons. The number of allylic oxidation sites excluding steroid dienone is 1. The molecule has 17 nitrogen and oxygen atoms in total. The summed E-state index contributed by atoms with van der Waals surface area (Å²) >= 11 is 0. The number of fused-ring (bicyclic) bond motifs is 5. The number of carbonyl (C=O) groups is 4. The van der Waals surface area contributed by atoms with Crippen LogP contribution in [0.15, 0.2) is 11.6 Å². The summed E-state index contributed by atoms with van der Waals surface area (Å²) in [6.45, 7) is 29.8. The molecule has 6 rings (SSSR count). The van der Waals surface area contributed by atoms with Crippen LogP contribution in [-0.4, -0.2) is 185 Å². The average Bonchev–Trinajstić information content (AvgIpc) is 1.69. The fraction of sp³-hybridized carbons (Fsp3) is 0.773. The van der Waals surface area contributed by atoms with E-state index in [1.54, 1.807) is 29.2 Å². The Morgan fingerprint density at radius 2 is 1.00 bits per heavy atom. The number of aliphatic hydroxyl groups excluding tert-OH is 2. The SMILES string of the molecule is CC#CC#CC#CC#CC#CC#CC#CC.CC(C)CC[C@H](C)[C@@H]1CC[C@@H]2C3CCC4=C[C@H](OCC(=O)NCCOCCOCC(=O)N5C[C@H](OC(C)C)C[C@H]5CO)CC[C@@]4(C)[C@@H]3CC[C@]21C.CCCCCCCCCCCCCCCC(=O)NCCOCCOCC(=O)N1C[C@H](OC(C)C)C[C@H]1CO. The molecule has 586 valence electrons. The van der Waals surface area contributed by atoms with Gasteiger partial charge in [-0.15, -0.1) is 0 Å². The Labute approximate surface area is 635 Å². The fourth-order valence-electron chi connectivity index (χ4n) is 16.8. The van der Waals surface area contributed by atoms with Gasteiger partial charge in [-0.3, -0.25) is 19.2 Å². The summed E-state index contributed by atoms with van der Waals surface area (Å²) in [7, 11) is 0. The fourth-order valence-corrected chi connectivity index (χ4v) is 16.8. The quantitative estimate of drug-likeness (QED) is 0.0255. The predicted molar refractivity (Wildman–Crippen MR) is 418 cm³/mol. The van der Waals surface area contributed by atoms with Gasteiger partial charge < -0.3 is 63.8 Å². The minimum Gasteiger partial charge on any atom is -0.394 e. The van der Waals surface area contributed by atoms with Gasteiger partial charge in [0.15, 0.2) is 0 Å². The highest BCUT2D eigenvalue weighted by Crippen LogP contribution is 2.68. The van der Waals surface area contributed by atoms with Crippen molar-refractivity contribution in [2.75, 3.05) is 98.9 Å². The molecule has 2 aliphatic heterocycles. The van der Waals surface area contributed by atoms with Gasteiger partial charge in [0.25, 0.3) is 0 Å². The normalized spacial score (nSPS) is 24.1. The molecule has 0 aromatic heterocycles. The van der Waals surface area contributed by atoms with Crippen molar-refractivity contribution in [1.29, 1.82) is 0 Å². The second kappa shape index (κ2) is 53.9. The molecule has 6 aliphatic rings. The van der Waals surface area contributed by atoms with Crippen LogP contribution in [0.25, 0.3) is 0 Å². The Bertz CT molecular complexity index is 2990. The number of rotatable bonds is 43. The molecule has 105 heavy (non-hydrogen) atoms. The molecule has 0 aromatic carbocycles. The Hall–Kier alpha value is -5.82. The van der Waals surface area contributed by atoms with Crippen LogP contribution in [0.1, 0.15) is 250 Å². The van der Waals surface area contributed by atoms with Gasteiger partial charge in [-0.2, -0.15) is 0 Å². The number of aliphatic hydroxyl groups is 2. The summed E-state index contributed by atoms with van der Waals surface area (Å²) in [5, 5.41) is 25.0. The molecule has 3 saturated carbocycles. The zero-order chi connectivity index (χ0) is 76.5. The first kappa shape index (κ1) is 91.6. The standard InChI is InChI=1S/C42H72N2O7.C30H58N2O6.C16H6/c1-28(2)8-9-30(5)36-12-13-37-35-11-10-31-22-33(14-16-41(31,6)38(35)15-17-42(36,37)7)50-26-39(46)43-18-19-48-20-21-49-27-40(47)44-24-34(51-29(3)4)23-32(44)25-45;1-4-5-6-7-8-9-10-11-12-13-14-15-16-17-29(34)31-18-19-36-20-21-37-25-30(35)32-23-28(38-26(2)3)22-27(32)24-33;1-3-5-7-9-11-13-15-16-14-12-10-8-6-4-2/h22,28-30,32-38,45H,8-21,23-27H2,1-7H3,(H,43,46);26-28,33H,4-25H2,1-3H3,(H,31,34);1-2H3/t30-,32-,33+,34+,35?,36-,37+,38+,41+,42-;27-,28+;/m00./s1. The number of unbranched alkanes of at least 4 members (excludes halogenated alkanes) is 12. The Morgan fingerprint density at radius 1 is 0.533 bits per heavy atom. The molecular weight excluding hydrogens is 1320 g/mol. The van der Waals surface area contributed by atoms with Gasteiger partial charge in [0.2, 0.25) is 23.6 Å². The van der Waals surface area contributed by atoms with Crippen molar-refractivity contribution in [2.24, 2.45) is 46.3 Å². The van der Waals surface area contributed by atoms with Crippen molar-refractivity contribution < 1.29 is 62.5 Å². The van der Waals surface area contributed by atoms with Gasteiger partial charge >= 0.3 is 0 Å². The van der Waals surface area contributed by atoms with Gasteiger partial charge in [-0.05, 0) is 230 Å². The lowest BCUT2D eigenvalue weighted by molar-refractivity contribution is -0.139. The van der Waals surface area contributed by atoms with Crippen molar-refractivity contribution in [3.05, 3.63) is 11.6 Å². The van der Waals surface area contributed by atoms with E-state index in [1.807, 2.05) is 27.7 Å². The van der Waals surface area contributed by atoms with Crippen LogP contribution < -0.4 is 10.6 Å². The first-order valence-electron chi connectivity index (χ1n) is 40.4. The van der Waals surface area contributed by atoms with Gasteiger partial charge in [0.1, 0.15) is 19.8 Å². The van der Waals surface area contributed by atoms with Crippen molar-refractivity contribution >= 4 is 23.6 Å². The number of nitrogens with zero attached hydrogens (tertiary/aromatic N) is 2. The highest BCUT2D eigenvalue weighted by atomic mass is 16.5. The minimum absolute atomic E-state index is 0.0137. The van der Waals surface area contributed by atoms with Crippen LogP contribution in [0, 0.1) is 129 Å². The maximum absolute atomic E-state index is 12.6. The van der Waals surface area contributed by atoms with E-state index in [9.17, 15) is 29.4 Å². The second-order valence-electron chi connectivity index (χ2n) is 31.0. The van der Waals surface area contributed by atoms with E-state index < -0.39 is 0 Å². The Kier molecular flexibility index (Phi) is 47.0. The molecular formula is C88H136N4O13. The van der Waals surface area contributed by atoms with E-state index in [-0.39, 0.29) is 111 Å². The summed E-state index contributed by atoms with van der Waals surface area (Å²) in [4.78, 5) is 52.9. The third kappa shape index (κ3) is 35.4. The smallest absolute Gasteiger partial charge is 0.248 e. The number of nitrogens with one attached hydrogen (secondary N) is 2. The van der Waals surface area contributed by atoms with Crippen molar-refractivity contribution in [3.8, 4) is 82.9 Å². The van der Waals surface area contributed by atoms with Gasteiger partial charge in [-0.1, -0.05) is 155 Å². The maximum Gasteiger partial charge on any atom is 0.248 e. The molecule has 4 N–H and O–H groups in total. The summed E-state index contributed by atoms with van der Waals surface area (Å²) < 4.78 is 39.8. The lowest BCUT2D eigenvalue weighted by Gasteiger charge is -2.59. The van der Waals surface area contributed by atoms with Crippen LogP contribution in [-0.2, 0) is 52.3 Å².